The fourth-order valence-corrected chi connectivity index (χ4v) is 1.36. The maximum Gasteiger partial charge on any atom is 0.218 e. The Morgan fingerprint density at radius 1 is 1.38 bits per heavy atom. The van der Waals surface area contributed by atoms with Crippen molar-refractivity contribution in [2.45, 2.75) is 0 Å². The number of aromatic nitrogens is 1. The molecule has 0 radical (unpaired) electrons. The molecular formula is C10H9NO2. The predicted octanol–water partition coefficient (Wildman–Crippen LogP) is 1.69. The molecule has 0 fully saturated rings. The number of rotatable bonds is 2. The smallest absolute Gasteiger partial charge is 0.218 e. The van der Waals surface area contributed by atoms with E-state index in [9.17, 15) is 4.79 Å². The summed E-state index contributed by atoms with van der Waals surface area (Å²) in [6.45, 7) is 0. The van der Waals surface area contributed by atoms with Gasteiger partial charge in [0, 0.05) is 11.6 Å². The Morgan fingerprint density at radius 2 is 2.23 bits per heavy atom. The second-order valence-electron chi connectivity index (χ2n) is 2.75. The molecule has 66 valence electrons. The first kappa shape index (κ1) is 7.86. The van der Waals surface area contributed by atoms with Gasteiger partial charge in [-0.15, -0.1) is 0 Å². The van der Waals surface area contributed by atoms with Crippen LogP contribution in [-0.2, 0) is 4.79 Å². The summed E-state index contributed by atoms with van der Waals surface area (Å²) in [5.41, 5.74) is 0.899. The lowest BCUT2D eigenvalue weighted by molar-refractivity contribution is 0.415. The van der Waals surface area contributed by atoms with Crippen LogP contribution in [0.15, 0.2) is 30.5 Å². The topological polar surface area (TPSA) is 31.2 Å². The van der Waals surface area contributed by atoms with Crippen molar-refractivity contribution in [3.05, 3.63) is 30.5 Å². The van der Waals surface area contributed by atoms with Gasteiger partial charge in [0.25, 0.3) is 0 Å². The number of ether oxygens (including phenoxy) is 1. The number of nitrogens with zero attached hydrogens (tertiary/aromatic N) is 1. The molecule has 3 heteroatoms. The molecule has 0 amide bonds. The van der Waals surface area contributed by atoms with Crippen molar-refractivity contribution in [2.75, 3.05) is 7.11 Å². The predicted molar refractivity (Wildman–Crippen MR) is 50.6 cm³/mol. The Morgan fingerprint density at radius 3 is 2.92 bits per heavy atom. The summed E-state index contributed by atoms with van der Waals surface area (Å²) in [7, 11) is 1.62. The molecule has 0 atom stereocenters. The van der Waals surface area contributed by atoms with E-state index in [2.05, 4.69) is 0 Å². The summed E-state index contributed by atoms with van der Waals surface area (Å²) >= 11 is 0. The highest BCUT2D eigenvalue weighted by molar-refractivity contribution is 5.86. The highest BCUT2D eigenvalue weighted by atomic mass is 16.5. The summed E-state index contributed by atoms with van der Waals surface area (Å²) in [4.78, 5) is 10.6. The molecule has 1 aromatic heterocycles. The quantitative estimate of drug-likeness (QED) is 0.650. The van der Waals surface area contributed by atoms with Gasteiger partial charge in [-0.05, 0) is 24.3 Å². The number of hydrogen-bond donors (Lipinski definition) is 0. The van der Waals surface area contributed by atoms with E-state index in [-0.39, 0.29) is 0 Å². The summed E-state index contributed by atoms with van der Waals surface area (Å²) in [6.07, 6.45) is 2.52. The molecular weight excluding hydrogens is 166 g/mol. The molecule has 0 N–H and O–H groups in total. The van der Waals surface area contributed by atoms with Crippen molar-refractivity contribution in [2.24, 2.45) is 0 Å². The Kier molecular flexibility index (Phi) is 1.77. The maximum atomic E-state index is 10.6. The van der Waals surface area contributed by atoms with Crippen molar-refractivity contribution >= 4 is 17.3 Å². The summed E-state index contributed by atoms with van der Waals surface area (Å²) < 4.78 is 6.60. The number of hydrogen-bond acceptors (Lipinski definition) is 2. The van der Waals surface area contributed by atoms with Crippen LogP contribution in [0.3, 0.4) is 0 Å². The zero-order chi connectivity index (χ0) is 9.26. The van der Waals surface area contributed by atoms with E-state index >= 15 is 0 Å². The first-order valence-corrected chi connectivity index (χ1v) is 3.95. The van der Waals surface area contributed by atoms with E-state index in [0.29, 0.717) is 0 Å². The van der Waals surface area contributed by atoms with E-state index in [1.165, 1.54) is 4.57 Å². The van der Waals surface area contributed by atoms with Crippen LogP contribution in [0.1, 0.15) is 0 Å². The molecule has 0 spiro atoms. The highest BCUT2D eigenvalue weighted by Gasteiger charge is 2.00. The van der Waals surface area contributed by atoms with Crippen LogP contribution in [0.2, 0.25) is 0 Å². The van der Waals surface area contributed by atoms with Crippen LogP contribution in [0.25, 0.3) is 10.9 Å². The molecule has 1 heterocycles. The van der Waals surface area contributed by atoms with Gasteiger partial charge in [-0.25, -0.2) is 0 Å². The molecule has 2 rings (SSSR count). The van der Waals surface area contributed by atoms with Gasteiger partial charge in [-0.3, -0.25) is 9.36 Å². The third-order valence-electron chi connectivity index (χ3n) is 2.04. The van der Waals surface area contributed by atoms with Gasteiger partial charge < -0.3 is 4.74 Å². The fraction of sp³-hybridized carbons (Fsp3) is 0.100. The lowest BCUT2D eigenvalue weighted by atomic mass is 10.2. The van der Waals surface area contributed by atoms with Gasteiger partial charge in [0.05, 0.1) is 12.6 Å². The average Bonchev–Trinajstić information content (AvgIpc) is 2.59. The van der Waals surface area contributed by atoms with E-state index in [1.54, 1.807) is 13.3 Å². The summed E-state index contributed by atoms with van der Waals surface area (Å²) in [5.74, 6) is 0.802. The molecule has 13 heavy (non-hydrogen) atoms. The Hall–Kier alpha value is -1.77. The molecule has 0 aliphatic rings. The molecule has 0 saturated heterocycles. The fourth-order valence-electron chi connectivity index (χ4n) is 1.36. The molecule has 0 bridgehead atoms. The monoisotopic (exact) mass is 175 g/mol. The van der Waals surface area contributed by atoms with Gasteiger partial charge in [0.2, 0.25) is 6.41 Å². The zero-order valence-electron chi connectivity index (χ0n) is 7.23. The third-order valence-corrected chi connectivity index (χ3v) is 2.04. The Bertz CT molecular complexity index is 445. The summed E-state index contributed by atoms with van der Waals surface area (Å²) in [6, 6.07) is 7.48. The minimum Gasteiger partial charge on any atom is -0.497 e. The molecule has 0 unspecified atom stereocenters. The van der Waals surface area contributed by atoms with Crippen LogP contribution in [0.4, 0.5) is 0 Å². The van der Waals surface area contributed by atoms with Crippen LogP contribution in [0.5, 0.6) is 5.75 Å². The standard InChI is InChI=1S/C10H9NO2/c1-13-9-2-3-10-8(6-9)4-5-11(10)7-12/h2-7H,1H3. The van der Waals surface area contributed by atoms with Gasteiger partial charge >= 0.3 is 0 Å². The maximum absolute atomic E-state index is 10.6. The van der Waals surface area contributed by atoms with E-state index in [1.807, 2.05) is 24.3 Å². The van der Waals surface area contributed by atoms with Crippen molar-refractivity contribution in [3.63, 3.8) is 0 Å². The minimum atomic E-state index is 0.787. The number of carbonyl (C=O) groups excluding carboxylic acids is 1. The number of carbonyl (C=O) groups is 1. The first-order valence-electron chi connectivity index (χ1n) is 3.95. The minimum absolute atomic E-state index is 0.787. The second kappa shape index (κ2) is 2.94. The average molecular weight is 175 g/mol. The van der Waals surface area contributed by atoms with Gasteiger partial charge in [-0.2, -0.15) is 0 Å². The van der Waals surface area contributed by atoms with E-state index in [0.717, 1.165) is 23.1 Å². The van der Waals surface area contributed by atoms with E-state index in [4.69, 9.17) is 4.74 Å². The number of fused-ring (bicyclic) bond motifs is 1. The molecule has 0 saturated carbocycles. The van der Waals surface area contributed by atoms with Gasteiger partial charge in [0.15, 0.2) is 0 Å². The number of methoxy groups -OCH3 is 1. The highest BCUT2D eigenvalue weighted by Crippen LogP contribution is 2.20. The van der Waals surface area contributed by atoms with Crippen LogP contribution >= 0.6 is 0 Å². The molecule has 3 nitrogen and oxygen atoms in total. The molecule has 0 aliphatic heterocycles. The second-order valence-corrected chi connectivity index (χ2v) is 2.75. The van der Waals surface area contributed by atoms with Crippen molar-refractivity contribution < 1.29 is 9.53 Å². The van der Waals surface area contributed by atoms with Crippen molar-refractivity contribution in [1.29, 1.82) is 0 Å². The van der Waals surface area contributed by atoms with Gasteiger partial charge in [0.1, 0.15) is 5.75 Å². The molecule has 2 aromatic rings. The lowest BCUT2D eigenvalue weighted by Crippen LogP contribution is -1.90. The number of benzene rings is 1. The lowest BCUT2D eigenvalue weighted by Gasteiger charge is -1.99. The van der Waals surface area contributed by atoms with Crippen molar-refractivity contribution in [3.8, 4) is 5.75 Å². The SMILES string of the molecule is COc1ccc2c(ccn2C=O)c1. The van der Waals surface area contributed by atoms with Crippen molar-refractivity contribution in [1.82, 2.24) is 4.57 Å². The zero-order valence-corrected chi connectivity index (χ0v) is 7.23. The largest absolute Gasteiger partial charge is 0.497 e. The molecule has 0 aliphatic carbocycles. The third kappa shape index (κ3) is 1.18. The van der Waals surface area contributed by atoms with Gasteiger partial charge in [-0.1, -0.05) is 0 Å². The molecule has 1 aromatic carbocycles. The van der Waals surface area contributed by atoms with Crippen LogP contribution in [-0.4, -0.2) is 18.1 Å². The Labute approximate surface area is 75.5 Å². The van der Waals surface area contributed by atoms with Crippen LogP contribution in [0, 0.1) is 0 Å². The van der Waals surface area contributed by atoms with E-state index < -0.39 is 0 Å². The Balaban J connectivity index is 2.67. The summed E-state index contributed by atoms with van der Waals surface area (Å²) in [5, 5.41) is 1.01. The normalized spacial score (nSPS) is 10.2. The first-order chi connectivity index (χ1) is 6.35. The van der Waals surface area contributed by atoms with Crippen LogP contribution < -0.4 is 4.74 Å².